The Hall–Kier alpha value is -0.810. The van der Waals surface area contributed by atoms with E-state index in [1.165, 1.54) is 11.8 Å². The van der Waals surface area contributed by atoms with Crippen molar-refractivity contribution in [2.45, 2.75) is 19.6 Å². The van der Waals surface area contributed by atoms with Crippen molar-refractivity contribution in [1.29, 1.82) is 0 Å². The van der Waals surface area contributed by atoms with E-state index in [0.717, 1.165) is 25.9 Å². The molecular formula is C19H10Cl4OS2. The van der Waals surface area contributed by atoms with Gasteiger partial charge in [-0.05, 0) is 54.6 Å². The molecule has 1 nitrogen and oxygen atoms in total. The first-order valence-corrected chi connectivity index (χ1v) is 10.5. The minimum Gasteiger partial charge on any atom is -0.298 e. The highest BCUT2D eigenvalue weighted by molar-refractivity contribution is 8.00. The van der Waals surface area contributed by atoms with Crippen molar-refractivity contribution in [3.05, 3.63) is 80.3 Å². The number of hydrogen-bond acceptors (Lipinski definition) is 3. The highest BCUT2D eigenvalue weighted by Crippen LogP contribution is 2.38. The SMILES string of the molecule is O=Cc1ccc(Sc2ccc(Cl)c(Cl)c2)cc1Sc1ccc(Cl)c(Cl)c1. The van der Waals surface area contributed by atoms with Gasteiger partial charge in [-0.1, -0.05) is 69.9 Å². The zero-order valence-electron chi connectivity index (χ0n) is 13.0. The number of rotatable bonds is 5. The molecule has 3 rings (SSSR count). The van der Waals surface area contributed by atoms with Gasteiger partial charge in [0.25, 0.3) is 0 Å². The van der Waals surface area contributed by atoms with Crippen LogP contribution in [0, 0.1) is 0 Å². The molecule has 3 aromatic rings. The summed E-state index contributed by atoms with van der Waals surface area (Å²) >= 11 is 27.1. The summed E-state index contributed by atoms with van der Waals surface area (Å²) in [6.07, 6.45) is 0.841. The van der Waals surface area contributed by atoms with Gasteiger partial charge in [0, 0.05) is 25.1 Å². The van der Waals surface area contributed by atoms with Gasteiger partial charge in [-0.15, -0.1) is 0 Å². The first-order chi connectivity index (χ1) is 12.5. The zero-order valence-corrected chi connectivity index (χ0v) is 17.7. The lowest BCUT2D eigenvalue weighted by Gasteiger charge is -2.09. The van der Waals surface area contributed by atoms with E-state index in [2.05, 4.69) is 0 Å². The second-order valence-electron chi connectivity index (χ2n) is 5.17. The molecule has 0 aliphatic heterocycles. The normalized spacial score (nSPS) is 10.8. The first-order valence-electron chi connectivity index (χ1n) is 7.31. The lowest BCUT2D eigenvalue weighted by molar-refractivity contribution is 0.112. The van der Waals surface area contributed by atoms with Crippen LogP contribution in [0.2, 0.25) is 20.1 Å². The van der Waals surface area contributed by atoms with Crippen LogP contribution >= 0.6 is 69.9 Å². The molecular weight excluding hydrogens is 450 g/mol. The molecule has 0 atom stereocenters. The van der Waals surface area contributed by atoms with E-state index >= 15 is 0 Å². The second-order valence-corrected chi connectivity index (χ2v) is 9.06. The Bertz CT molecular complexity index is 976. The van der Waals surface area contributed by atoms with Crippen LogP contribution in [0.1, 0.15) is 10.4 Å². The van der Waals surface area contributed by atoms with Crippen LogP contribution in [-0.2, 0) is 0 Å². The number of carbonyl (C=O) groups is 1. The number of hydrogen-bond donors (Lipinski definition) is 0. The summed E-state index contributed by atoms with van der Waals surface area (Å²) in [7, 11) is 0. The molecule has 0 saturated heterocycles. The molecule has 26 heavy (non-hydrogen) atoms. The van der Waals surface area contributed by atoms with Crippen LogP contribution in [0.5, 0.6) is 0 Å². The maximum Gasteiger partial charge on any atom is 0.151 e. The van der Waals surface area contributed by atoms with Gasteiger partial charge in [-0.2, -0.15) is 0 Å². The van der Waals surface area contributed by atoms with E-state index in [1.807, 2.05) is 30.3 Å². The highest BCUT2D eigenvalue weighted by atomic mass is 35.5. The van der Waals surface area contributed by atoms with Crippen molar-refractivity contribution < 1.29 is 4.79 Å². The molecule has 0 fully saturated rings. The van der Waals surface area contributed by atoms with Gasteiger partial charge in [0.15, 0.2) is 6.29 Å². The second kappa shape index (κ2) is 8.92. The summed E-state index contributed by atoms with van der Waals surface area (Å²) in [6.45, 7) is 0. The third-order valence-corrected chi connectivity index (χ3v) is 6.88. The fraction of sp³-hybridized carbons (Fsp3) is 0. The molecule has 0 heterocycles. The monoisotopic (exact) mass is 458 g/mol. The summed E-state index contributed by atoms with van der Waals surface area (Å²) in [5.41, 5.74) is 0.611. The minimum absolute atomic E-state index is 0.477. The molecule has 0 radical (unpaired) electrons. The van der Waals surface area contributed by atoms with Crippen LogP contribution in [-0.4, -0.2) is 6.29 Å². The van der Waals surface area contributed by atoms with Gasteiger partial charge in [0.05, 0.1) is 20.1 Å². The Balaban J connectivity index is 1.89. The molecule has 0 bridgehead atoms. The average Bonchev–Trinajstić information content (AvgIpc) is 2.62. The van der Waals surface area contributed by atoms with E-state index in [4.69, 9.17) is 46.4 Å². The van der Waals surface area contributed by atoms with Crippen molar-refractivity contribution in [1.82, 2.24) is 0 Å². The Morgan fingerprint density at radius 3 is 1.65 bits per heavy atom. The fourth-order valence-electron chi connectivity index (χ4n) is 2.11. The quantitative estimate of drug-likeness (QED) is 0.356. The van der Waals surface area contributed by atoms with Gasteiger partial charge in [-0.3, -0.25) is 4.79 Å². The van der Waals surface area contributed by atoms with Gasteiger partial charge in [0.2, 0.25) is 0 Å². The predicted molar refractivity (Wildman–Crippen MR) is 113 cm³/mol. The van der Waals surface area contributed by atoms with Crippen LogP contribution in [0.25, 0.3) is 0 Å². The first kappa shape index (κ1) is 19.9. The summed E-state index contributed by atoms with van der Waals surface area (Å²) in [5, 5.41) is 2.00. The Kier molecular flexibility index (Phi) is 6.84. The average molecular weight is 460 g/mol. The fourth-order valence-corrected chi connectivity index (χ4v) is 4.79. The molecule has 3 aromatic carbocycles. The van der Waals surface area contributed by atoms with Crippen LogP contribution in [0.15, 0.2) is 74.2 Å². The molecule has 0 saturated carbocycles. The lowest BCUT2D eigenvalue weighted by Crippen LogP contribution is -1.87. The summed E-state index contributed by atoms with van der Waals surface area (Å²) in [6, 6.07) is 16.5. The lowest BCUT2D eigenvalue weighted by atomic mass is 10.2. The van der Waals surface area contributed by atoms with Gasteiger partial charge < -0.3 is 0 Å². The smallest absolute Gasteiger partial charge is 0.151 e. The maximum atomic E-state index is 11.4. The molecule has 0 spiro atoms. The third kappa shape index (κ3) is 4.92. The van der Waals surface area contributed by atoms with E-state index < -0.39 is 0 Å². The van der Waals surface area contributed by atoms with Crippen LogP contribution < -0.4 is 0 Å². The molecule has 0 aliphatic carbocycles. The van der Waals surface area contributed by atoms with Crippen molar-refractivity contribution >= 4 is 76.2 Å². The topological polar surface area (TPSA) is 17.1 Å². The Labute approximate surface area is 180 Å². The zero-order chi connectivity index (χ0) is 18.7. The number of aldehydes is 1. The summed E-state index contributed by atoms with van der Waals surface area (Å²) < 4.78 is 0. The predicted octanol–water partition coefficient (Wildman–Crippen LogP) is 8.42. The largest absolute Gasteiger partial charge is 0.298 e. The van der Waals surface area contributed by atoms with Crippen molar-refractivity contribution in [2.24, 2.45) is 0 Å². The van der Waals surface area contributed by atoms with E-state index in [0.29, 0.717) is 25.7 Å². The molecule has 132 valence electrons. The van der Waals surface area contributed by atoms with Gasteiger partial charge in [-0.25, -0.2) is 0 Å². The summed E-state index contributed by atoms with van der Waals surface area (Å²) in [4.78, 5) is 15.1. The van der Waals surface area contributed by atoms with E-state index in [9.17, 15) is 4.79 Å². The third-order valence-electron chi connectivity index (χ3n) is 3.36. The highest BCUT2D eigenvalue weighted by Gasteiger charge is 2.09. The standard InChI is InChI=1S/C19H10Cl4OS2/c20-15-5-3-12(7-17(15)22)25-14-2-1-11(10-24)19(9-14)26-13-4-6-16(21)18(23)8-13/h1-10H. The molecule has 0 aromatic heterocycles. The molecule has 0 amide bonds. The van der Waals surface area contributed by atoms with Crippen molar-refractivity contribution in [3.63, 3.8) is 0 Å². The number of benzene rings is 3. The molecule has 0 N–H and O–H groups in total. The minimum atomic E-state index is 0.477. The molecule has 0 aliphatic rings. The molecule has 0 unspecified atom stereocenters. The maximum absolute atomic E-state index is 11.4. The Morgan fingerprint density at radius 2 is 1.12 bits per heavy atom. The van der Waals surface area contributed by atoms with E-state index in [-0.39, 0.29) is 0 Å². The van der Waals surface area contributed by atoms with Gasteiger partial charge >= 0.3 is 0 Å². The van der Waals surface area contributed by atoms with Crippen LogP contribution in [0.3, 0.4) is 0 Å². The van der Waals surface area contributed by atoms with Crippen LogP contribution in [0.4, 0.5) is 0 Å². The van der Waals surface area contributed by atoms with Crippen molar-refractivity contribution in [2.75, 3.05) is 0 Å². The number of halogens is 4. The van der Waals surface area contributed by atoms with Gasteiger partial charge in [0.1, 0.15) is 0 Å². The Morgan fingerprint density at radius 1 is 0.615 bits per heavy atom. The molecule has 7 heteroatoms. The van der Waals surface area contributed by atoms with E-state index in [1.54, 1.807) is 36.0 Å². The van der Waals surface area contributed by atoms with Crippen molar-refractivity contribution in [3.8, 4) is 0 Å². The summed E-state index contributed by atoms with van der Waals surface area (Å²) in [5.74, 6) is 0. The number of carbonyl (C=O) groups excluding carboxylic acids is 1.